The summed E-state index contributed by atoms with van der Waals surface area (Å²) in [5.74, 6) is -0.627. The van der Waals surface area contributed by atoms with Crippen molar-refractivity contribution in [2.75, 3.05) is 0 Å². The number of esters is 1. The number of hydrogen-bond acceptors (Lipinski definition) is 4. The summed E-state index contributed by atoms with van der Waals surface area (Å²) in [5.41, 5.74) is -0.666. The first-order valence-corrected chi connectivity index (χ1v) is 7.39. The van der Waals surface area contributed by atoms with E-state index in [1.165, 1.54) is 12.3 Å². The summed E-state index contributed by atoms with van der Waals surface area (Å²) in [7, 11) is 0. The molecule has 2 atom stereocenters. The minimum Gasteiger partial charge on any atom is -0.465 e. The van der Waals surface area contributed by atoms with Gasteiger partial charge in [0.25, 0.3) is 0 Å². The molecule has 1 aliphatic carbocycles. The molecule has 4 nitrogen and oxygen atoms in total. The number of aryl methyl sites for hydroxylation is 1. The van der Waals surface area contributed by atoms with Crippen molar-refractivity contribution >= 4 is 29.2 Å². The Bertz CT molecular complexity index is 641. The van der Waals surface area contributed by atoms with Crippen LogP contribution in [0.3, 0.4) is 0 Å². The van der Waals surface area contributed by atoms with E-state index in [0.717, 1.165) is 0 Å². The summed E-state index contributed by atoms with van der Waals surface area (Å²) in [6.07, 6.45) is 3.38. The van der Waals surface area contributed by atoms with Crippen molar-refractivity contribution in [3.8, 4) is 5.75 Å². The summed E-state index contributed by atoms with van der Waals surface area (Å²) in [4.78, 5) is 24.1. The van der Waals surface area contributed by atoms with Gasteiger partial charge in [0.2, 0.25) is 11.2 Å². The van der Waals surface area contributed by atoms with E-state index in [2.05, 4.69) is 0 Å². The molecule has 2 rings (SSSR count). The zero-order valence-corrected chi connectivity index (χ0v) is 13.5. The maximum absolute atomic E-state index is 12.3. The minimum atomic E-state index is -0.468. The van der Waals surface area contributed by atoms with Crippen molar-refractivity contribution in [2.45, 2.75) is 27.2 Å². The molecule has 1 aromatic heterocycles. The average Bonchev–Trinajstić information content (AvgIpc) is 2.92. The quantitative estimate of drug-likeness (QED) is 0.790. The highest BCUT2D eigenvalue weighted by Gasteiger charge is 2.61. The summed E-state index contributed by atoms with van der Waals surface area (Å²) < 4.78 is 10.6. The van der Waals surface area contributed by atoms with Gasteiger partial charge in [-0.15, -0.1) is 0 Å². The standard InChI is InChI=1S/C15H16Cl2O4/c1-4-10-13(9(18)5-6-20-10)21-14(19)12-8(7-11(16)17)15(12,2)3/h5-8,12H,4H2,1-3H3. The molecule has 6 heteroatoms. The van der Waals surface area contributed by atoms with Crippen molar-refractivity contribution in [1.82, 2.24) is 0 Å². The molecule has 0 amide bonds. The van der Waals surface area contributed by atoms with E-state index < -0.39 is 5.97 Å². The molecular weight excluding hydrogens is 315 g/mol. The molecule has 114 valence electrons. The SMILES string of the molecule is CCc1occc(=O)c1OC(=O)C1C(C=C(Cl)Cl)C1(C)C. The van der Waals surface area contributed by atoms with Crippen LogP contribution in [0, 0.1) is 17.3 Å². The van der Waals surface area contributed by atoms with Gasteiger partial charge in [-0.1, -0.05) is 44.0 Å². The monoisotopic (exact) mass is 330 g/mol. The van der Waals surface area contributed by atoms with Crippen LogP contribution < -0.4 is 10.2 Å². The van der Waals surface area contributed by atoms with Crippen LogP contribution in [0.1, 0.15) is 26.5 Å². The van der Waals surface area contributed by atoms with Crippen molar-refractivity contribution in [3.63, 3.8) is 0 Å². The third-order valence-electron chi connectivity index (χ3n) is 3.90. The highest BCUT2D eigenvalue weighted by atomic mass is 35.5. The number of ether oxygens (including phenoxy) is 1. The van der Waals surface area contributed by atoms with Gasteiger partial charge in [-0.2, -0.15) is 0 Å². The van der Waals surface area contributed by atoms with Crippen molar-refractivity contribution < 1.29 is 13.9 Å². The third kappa shape index (κ3) is 3.16. The predicted octanol–water partition coefficient (Wildman–Crippen LogP) is 3.70. The molecule has 1 fully saturated rings. The largest absolute Gasteiger partial charge is 0.465 e. The molecule has 2 unspecified atom stereocenters. The Morgan fingerprint density at radius 3 is 2.71 bits per heavy atom. The number of allylic oxidation sites excluding steroid dienone is 1. The van der Waals surface area contributed by atoms with E-state index in [9.17, 15) is 9.59 Å². The second-order valence-electron chi connectivity index (χ2n) is 5.59. The first-order valence-electron chi connectivity index (χ1n) is 6.64. The Kier molecular flexibility index (Phi) is 4.49. The number of rotatable bonds is 4. The number of halogens is 2. The molecule has 0 aliphatic heterocycles. The zero-order valence-electron chi connectivity index (χ0n) is 12.0. The summed E-state index contributed by atoms with van der Waals surface area (Å²) in [5, 5.41) is 0. The van der Waals surface area contributed by atoms with Gasteiger partial charge in [0, 0.05) is 12.5 Å². The zero-order chi connectivity index (χ0) is 15.8. The van der Waals surface area contributed by atoms with E-state index in [1.807, 2.05) is 20.8 Å². The summed E-state index contributed by atoms with van der Waals surface area (Å²) in [6, 6.07) is 1.23. The molecule has 1 saturated carbocycles. The van der Waals surface area contributed by atoms with Crippen molar-refractivity contribution in [1.29, 1.82) is 0 Å². The van der Waals surface area contributed by atoms with Crippen molar-refractivity contribution in [3.05, 3.63) is 38.9 Å². The normalized spacial score (nSPS) is 22.5. The third-order valence-corrected chi connectivity index (χ3v) is 4.15. The molecule has 0 N–H and O–H groups in total. The number of carbonyl (C=O) groups is 1. The minimum absolute atomic E-state index is 0.0348. The van der Waals surface area contributed by atoms with Crippen LogP contribution in [0.15, 0.2) is 32.1 Å². The highest BCUT2D eigenvalue weighted by molar-refractivity contribution is 6.55. The lowest BCUT2D eigenvalue weighted by molar-refractivity contribution is -0.137. The fourth-order valence-corrected chi connectivity index (χ4v) is 2.81. The fraction of sp³-hybridized carbons (Fsp3) is 0.467. The van der Waals surface area contributed by atoms with Gasteiger partial charge >= 0.3 is 5.97 Å². The smallest absolute Gasteiger partial charge is 0.315 e. The second-order valence-corrected chi connectivity index (χ2v) is 6.60. The van der Waals surface area contributed by atoms with Crippen LogP contribution >= 0.6 is 23.2 Å². The van der Waals surface area contributed by atoms with E-state index in [1.54, 1.807) is 6.08 Å². The van der Waals surface area contributed by atoms with Crippen LogP contribution in [0.5, 0.6) is 5.75 Å². The van der Waals surface area contributed by atoms with Crippen LogP contribution in [-0.2, 0) is 11.2 Å². The topological polar surface area (TPSA) is 56.5 Å². The molecule has 1 aromatic rings. The van der Waals surface area contributed by atoms with Crippen LogP contribution in [-0.4, -0.2) is 5.97 Å². The van der Waals surface area contributed by atoms with Crippen LogP contribution in [0.2, 0.25) is 0 Å². The van der Waals surface area contributed by atoms with Crippen molar-refractivity contribution in [2.24, 2.45) is 17.3 Å². The molecule has 0 spiro atoms. The first kappa shape index (κ1) is 16.1. The van der Waals surface area contributed by atoms with E-state index in [4.69, 9.17) is 32.4 Å². The maximum atomic E-state index is 12.3. The Morgan fingerprint density at radius 1 is 1.48 bits per heavy atom. The van der Waals surface area contributed by atoms with E-state index in [0.29, 0.717) is 12.2 Å². The maximum Gasteiger partial charge on any atom is 0.315 e. The van der Waals surface area contributed by atoms with Crippen LogP contribution in [0.25, 0.3) is 0 Å². The Balaban J connectivity index is 2.21. The molecule has 0 radical (unpaired) electrons. The summed E-state index contributed by atoms with van der Waals surface area (Å²) in [6.45, 7) is 5.66. The molecule has 21 heavy (non-hydrogen) atoms. The molecular formula is C15H16Cl2O4. The molecule has 0 aromatic carbocycles. The second kappa shape index (κ2) is 5.85. The van der Waals surface area contributed by atoms with E-state index in [-0.39, 0.29) is 32.9 Å². The number of hydrogen-bond donors (Lipinski definition) is 0. The first-order chi connectivity index (χ1) is 9.78. The predicted molar refractivity (Wildman–Crippen MR) is 80.5 cm³/mol. The van der Waals surface area contributed by atoms with Gasteiger partial charge < -0.3 is 9.15 Å². The molecule has 0 bridgehead atoms. The lowest BCUT2D eigenvalue weighted by Crippen LogP contribution is -2.19. The Morgan fingerprint density at radius 2 is 2.14 bits per heavy atom. The Hall–Kier alpha value is -1.26. The molecule has 1 heterocycles. The van der Waals surface area contributed by atoms with Gasteiger partial charge in [-0.25, -0.2) is 0 Å². The van der Waals surface area contributed by atoms with Gasteiger partial charge in [0.15, 0.2) is 0 Å². The van der Waals surface area contributed by atoms with Gasteiger partial charge in [-0.3, -0.25) is 9.59 Å². The number of carbonyl (C=O) groups excluding carboxylic acids is 1. The fourth-order valence-electron chi connectivity index (χ4n) is 2.53. The lowest BCUT2D eigenvalue weighted by atomic mass is 10.1. The summed E-state index contributed by atoms with van der Waals surface area (Å²) >= 11 is 11.3. The van der Waals surface area contributed by atoms with E-state index >= 15 is 0 Å². The van der Waals surface area contributed by atoms with Gasteiger partial charge in [0.1, 0.15) is 10.3 Å². The molecule has 1 aliphatic rings. The molecule has 0 saturated heterocycles. The van der Waals surface area contributed by atoms with Gasteiger partial charge in [-0.05, 0) is 17.4 Å². The Labute approximate surface area is 132 Å². The van der Waals surface area contributed by atoms with Crippen LogP contribution in [0.4, 0.5) is 0 Å². The average molecular weight is 331 g/mol. The lowest BCUT2D eigenvalue weighted by Gasteiger charge is -2.07. The highest BCUT2D eigenvalue weighted by Crippen LogP contribution is 2.60. The van der Waals surface area contributed by atoms with Gasteiger partial charge in [0.05, 0.1) is 12.2 Å².